The van der Waals surface area contributed by atoms with Gasteiger partial charge in [0, 0.05) is 13.6 Å². The molecule has 1 rings (SSSR count). The first kappa shape index (κ1) is 15.5. The van der Waals surface area contributed by atoms with Crippen molar-refractivity contribution in [1.29, 1.82) is 0 Å². The molecule has 10 heteroatoms. The highest BCUT2D eigenvalue weighted by Crippen LogP contribution is 2.26. The monoisotopic (exact) mass is 298 g/mol. The van der Waals surface area contributed by atoms with Gasteiger partial charge in [0.05, 0.1) is 6.61 Å². The molecule has 0 aliphatic rings. The van der Waals surface area contributed by atoms with Crippen LogP contribution in [0.4, 0.5) is 24.0 Å². The Hall–Kier alpha value is -1.55. The number of nitrogens with one attached hydrogen (secondary N) is 2. The van der Waals surface area contributed by atoms with E-state index in [1.54, 1.807) is 0 Å². The second kappa shape index (κ2) is 6.57. The first-order chi connectivity index (χ1) is 8.85. The summed E-state index contributed by atoms with van der Waals surface area (Å²) in [5.74, 6) is -0.340. The number of ether oxygens (including phenoxy) is 1. The van der Waals surface area contributed by atoms with E-state index in [4.69, 9.17) is 5.73 Å². The van der Waals surface area contributed by atoms with Gasteiger partial charge in [0.2, 0.25) is 0 Å². The van der Waals surface area contributed by atoms with Crippen molar-refractivity contribution < 1.29 is 22.7 Å². The number of anilines is 2. The van der Waals surface area contributed by atoms with Crippen molar-refractivity contribution in [1.82, 2.24) is 9.69 Å². The van der Waals surface area contributed by atoms with Crippen molar-refractivity contribution in [3.8, 4) is 0 Å². The van der Waals surface area contributed by atoms with Gasteiger partial charge in [-0.1, -0.05) is 0 Å². The van der Waals surface area contributed by atoms with E-state index in [9.17, 15) is 18.0 Å². The maximum atomic E-state index is 11.8. The lowest BCUT2D eigenvalue weighted by atomic mass is 10.3. The highest BCUT2D eigenvalue weighted by molar-refractivity contribution is 7.11. The number of alkyl halides is 3. The predicted octanol–water partition coefficient (Wildman–Crippen LogP) is 1.08. The fraction of sp³-hybridized carbons (Fsp3) is 0.556. The lowest BCUT2D eigenvalue weighted by Gasteiger charge is -2.09. The number of nitrogens with zero attached hydrogens (tertiary/aromatic N) is 1. The van der Waals surface area contributed by atoms with Gasteiger partial charge in [-0.25, -0.2) is 0 Å². The van der Waals surface area contributed by atoms with E-state index in [2.05, 4.69) is 19.7 Å². The average molecular weight is 298 g/mol. The molecule has 0 atom stereocenters. The van der Waals surface area contributed by atoms with Crippen LogP contribution in [0.1, 0.15) is 10.4 Å². The van der Waals surface area contributed by atoms with Crippen LogP contribution in [-0.4, -0.2) is 43.3 Å². The lowest BCUT2D eigenvalue weighted by molar-refractivity contribution is -0.172. The van der Waals surface area contributed by atoms with Crippen molar-refractivity contribution in [2.75, 3.05) is 37.9 Å². The number of hydrogen-bond acceptors (Lipinski definition) is 6. The number of hydrogen-bond donors (Lipinski definition) is 3. The Morgan fingerprint density at radius 3 is 2.79 bits per heavy atom. The fourth-order valence-corrected chi connectivity index (χ4v) is 1.93. The molecule has 1 aromatic heterocycles. The van der Waals surface area contributed by atoms with Crippen LogP contribution in [0.2, 0.25) is 0 Å². The van der Waals surface area contributed by atoms with Gasteiger partial charge in [-0.15, -0.1) is 0 Å². The van der Waals surface area contributed by atoms with E-state index >= 15 is 0 Å². The summed E-state index contributed by atoms with van der Waals surface area (Å²) < 4.78 is 43.6. The normalized spacial score (nSPS) is 11.4. The number of carbonyl (C=O) groups is 1. The van der Waals surface area contributed by atoms with Crippen molar-refractivity contribution in [2.24, 2.45) is 0 Å². The van der Waals surface area contributed by atoms with Crippen LogP contribution >= 0.6 is 11.5 Å². The third-order valence-corrected chi connectivity index (χ3v) is 2.79. The van der Waals surface area contributed by atoms with E-state index in [-0.39, 0.29) is 24.5 Å². The molecule has 0 aliphatic heterocycles. The van der Waals surface area contributed by atoms with E-state index in [0.717, 1.165) is 11.5 Å². The van der Waals surface area contributed by atoms with Gasteiger partial charge in [0.1, 0.15) is 17.2 Å². The maximum Gasteiger partial charge on any atom is 0.411 e. The summed E-state index contributed by atoms with van der Waals surface area (Å²) in [5, 5.41) is 5.55. The molecule has 6 nitrogen and oxygen atoms in total. The molecule has 1 heterocycles. The Balaban J connectivity index is 2.44. The Morgan fingerprint density at radius 2 is 2.21 bits per heavy atom. The molecule has 0 aliphatic carbocycles. The Morgan fingerprint density at radius 1 is 1.53 bits per heavy atom. The van der Waals surface area contributed by atoms with Crippen LogP contribution in [0.3, 0.4) is 0 Å². The average Bonchev–Trinajstić information content (AvgIpc) is 2.68. The molecule has 108 valence electrons. The van der Waals surface area contributed by atoms with Crippen LogP contribution in [0.25, 0.3) is 0 Å². The number of halogens is 3. The second-order valence-electron chi connectivity index (χ2n) is 3.45. The molecule has 0 unspecified atom stereocenters. The number of rotatable bonds is 6. The van der Waals surface area contributed by atoms with Gasteiger partial charge in [-0.3, -0.25) is 4.79 Å². The molecule has 1 amide bonds. The quantitative estimate of drug-likeness (QED) is 0.684. The maximum absolute atomic E-state index is 11.8. The zero-order chi connectivity index (χ0) is 14.5. The molecular formula is C9H13F3N4O2S. The summed E-state index contributed by atoms with van der Waals surface area (Å²) in [5.41, 5.74) is 5.71. The zero-order valence-corrected chi connectivity index (χ0v) is 10.8. The molecule has 0 aromatic carbocycles. The van der Waals surface area contributed by atoms with Crippen LogP contribution < -0.4 is 16.4 Å². The van der Waals surface area contributed by atoms with Crippen molar-refractivity contribution in [2.45, 2.75) is 6.18 Å². The molecule has 0 bridgehead atoms. The van der Waals surface area contributed by atoms with Gasteiger partial charge in [0.15, 0.2) is 5.82 Å². The SMILES string of the molecule is CNC(=O)c1c(N)nsc1NCCOCC(F)(F)F. The minimum Gasteiger partial charge on any atom is -0.382 e. The molecule has 0 radical (unpaired) electrons. The summed E-state index contributed by atoms with van der Waals surface area (Å²) in [7, 11) is 1.44. The third-order valence-electron chi connectivity index (χ3n) is 1.97. The summed E-state index contributed by atoms with van der Waals surface area (Å²) in [6, 6.07) is 0. The summed E-state index contributed by atoms with van der Waals surface area (Å²) in [6.45, 7) is -1.34. The van der Waals surface area contributed by atoms with Crippen LogP contribution in [0, 0.1) is 0 Å². The predicted molar refractivity (Wildman–Crippen MR) is 65.3 cm³/mol. The largest absolute Gasteiger partial charge is 0.411 e. The number of amides is 1. The van der Waals surface area contributed by atoms with Crippen LogP contribution in [0.5, 0.6) is 0 Å². The zero-order valence-electron chi connectivity index (χ0n) is 10.0. The Kier molecular flexibility index (Phi) is 5.36. The first-order valence-corrected chi connectivity index (χ1v) is 5.98. The third kappa shape index (κ3) is 4.91. The van der Waals surface area contributed by atoms with E-state index in [1.165, 1.54) is 7.05 Å². The molecule has 0 saturated heterocycles. The molecule has 0 fully saturated rings. The van der Waals surface area contributed by atoms with E-state index < -0.39 is 18.7 Å². The highest BCUT2D eigenvalue weighted by Gasteiger charge is 2.27. The standard InChI is InChI=1S/C9H13F3N4O2S/c1-14-7(17)5-6(13)16-19-8(5)15-2-3-18-4-9(10,11)12/h15H,2-4H2,1H3,(H2,13,16)(H,14,17). The Bertz CT molecular complexity index is 436. The molecule has 4 N–H and O–H groups in total. The van der Waals surface area contributed by atoms with Gasteiger partial charge in [-0.2, -0.15) is 17.5 Å². The number of nitrogens with two attached hydrogens (primary N) is 1. The summed E-state index contributed by atoms with van der Waals surface area (Å²) >= 11 is 0.959. The van der Waals surface area contributed by atoms with E-state index in [0.29, 0.717) is 5.00 Å². The highest BCUT2D eigenvalue weighted by atomic mass is 32.1. The topological polar surface area (TPSA) is 89.3 Å². The molecule has 19 heavy (non-hydrogen) atoms. The van der Waals surface area contributed by atoms with Gasteiger partial charge in [-0.05, 0) is 11.5 Å². The van der Waals surface area contributed by atoms with Gasteiger partial charge in [0.25, 0.3) is 5.91 Å². The van der Waals surface area contributed by atoms with Crippen LogP contribution in [0.15, 0.2) is 0 Å². The fourth-order valence-electron chi connectivity index (χ4n) is 1.19. The van der Waals surface area contributed by atoms with Crippen molar-refractivity contribution >= 4 is 28.3 Å². The minimum absolute atomic E-state index is 0.0723. The smallest absolute Gasteiger partial charge is 0.382 e. The number of aromatic nitrogens is 1. The first-order valence-electron chi connectivity index (χ1n) is 5.20. The number of nitrogen functional groups attached to an aromatic ring is 1. The Labute approximate surface area is 111 Å². The molecule has 0 saturated carbocycles. The second-order valence-corrected chi connectivity index (χ2v) is 4.22. The lowest BCUT2D eigenvalue weighted by Crippen LogP contribution is -2.22. The van der Waals surface area contributed by atoms with Crippen molar-refractivity contribution in [3.63, 3.8) is 0 Å². The molecular weight excluding hydrogens is 285 g/mol. The van der Waals surface area contributed by atoms with E-state index in [1.807, 2.05) is 0 Å². The summed E-state index contributed by atoms with van der Waals surface area (Å²) in [6.07, 6.45) is -4.35. The van der Waals surface area contributed by atoms with Gasteiger partial charge >= 0.3 is 6.18 Å². The molecule has 0 spiro atoms. The number of carbonyl (C=O) groups excluding carboxylic acids is 1. The van der Waals surface area contributed by atoms with Crippen molar-refractivity contribution in [3.05, 3.63) is 5.56 Å². The van der Waals surface area contributed by atoms with Crippen LogP contribution in [-0.2, 0) is 4.74 Å². The minimum atomic E-state index is -4.35. The van der Waals surface area contributed by atoms with Gasteiger partial charge < -0.3 is 21.1 Å². The summed E-state index contributed by atoms with van der Waals surface area (Å²) in [4.78, 5) is 11.5. The molecule has 1 aromatic rings.